The minimum absolute atomic E-state index is 0.228. The van der Waals surface area contributed by atoms with E-state index in [2.05, 4.69) is 4.98 Å². The zero-order chi connectivity index (χ0) is 16.7. The Morgan fingerprint density at radius 1 is 1.12 bits per heavy atom. The van der Waals surface area contributed by atoms with E-state index in [1.807, 2.05) is 30.3 Å². The van der Waals surface area contributed by atoms with Crippen molar-refractivity contribution in [3.8, 4) is 16.3 Å². The standard InChI is InChI=1S/C19H13NO3S/c1-23-12-6-7-15-13(9-12)14(19(21)22)10-16(20-15)18-8-11-4-2-3-5-17(11)24-18/h2-10H,1H3,(H,21,22). The number of aromatic nitrogens is 1. The maximum Gasteiger partial charge on any atom is 0.336 e. The first-order chi connectivity index (χ1) is 11.7. The van der Waals surface area contributed by atoms with Gasteiger partial charge in [0.2, 0.25) is 0 Å². The van der Waals surface area contributed by atoms with E-state index in [1.165, 1.54) is 0 Å². The second kappa shape index (κ2) is 5.62. The molecule has 0 unspecified atom stereocenters. The minimum Gasteiger partial charge on any atom is -0.497 e. The molecule has 0 amide bonds. The van der Waals surface area contributed by atoms with Crippen LogP contribution in [0, 0.1) is 0 Å². The van der Waals surface area contributed by atoms with E-state index in [0.29, 0.717) is 22.3 Å². The molecule has 24 heavy (non-hydrogen) atoms. The number of benzene rings is 2. The van der Waals surface area contributed by atoms with Gasteiger partial charge in [0, 0.05) is 10.1 Å². The summed E-state index contributed by atoms with van der Waals surface area (Å²) in [5.74, 6) is -0.362. The second-order valence-electron chi connectivity index (χ2n) is 5.39. The fourth-order valence-electron chi connectivity index (χ4n) is 2.74. The van der Waals surface area contributed by atoms with Gasteiger partial charge in [0.1, 0.15) is 5.75 Å². The van der Waals surface area contributed by atoms with Crippen LogP contribution in [-0.4, -0.2) is 23.2 Å². The van der Waals surface area contributed by atoms with Crippen LogP contribution in [0.25, 0.3) is 31.6 Å². The Morgan fingerprint density at radius 2 is 1.96 bits per heavy atom. The molecule has 1 N–H and O–H groups in total. The van der Waals surface area contributed by atoms with Crippen molar-refractivity contribution < 1.29 is 14.6 Å². The largest absolute Gasteiger partial charge is 0.497 e. The number of pyridine rings is 1. The molecule has 0 spiro atoms. The van der Waals surface area contributed by atoms with Gasteiger partial charge in [-0.1, -0.05) is 18.2 Å². The second-order valence-corrected chi connectivity index (χ2v) is 6.48. The van der Waals surface area contributed by atoms with Crippen LogP contribution < -0.4 is 4.74 Å². The Bertz CT molecular complexity index is 1050. The number of thiophene rings is 1. The van der Waals surface area contributed by atoms with Gasteiger partial charge < -0.3 is 9.84 Å². The van der Waals surface area contributed by atoms with Crippen LogP contribution in [0.5, 0.6) is 5.75 Å². The molecule has 0 saturated heterocycles. The summed E-state index contributed by atoms with van der Waals surface area (Å²) < 4.78 is 6.35. The van der Waals surface area contributed by atoms with Gasteiger partial charge in [-0.2, -0.15) is 0 Å². The number of carboxylic acid groups (broad SMARTS) is 1. The molecule has 0 aliphatic heterocycles. The lowest BCUT2D eigenvalue weighted by Crippen LogP contribution is -2.00. The van der Waals surface area contributed by atoms with Crippen molar-refractivity contribution >= 4 is 38.3 Å². The molecule has 0 bridgehead atoms. The topological polar surface area (TPSA) is 59.4 Å². The maximum absolute atomic E-state index is 11.7. The predicted molar refractivity (Wildman–Crippen MR) is 96.1 cm³/mol. The Kier molecular flexibility index (Phi) is 3.43. The van der Waals surface area contributed by atoms with E-state index in [0.717, 1.165) is 15.0 Å². The summed E-state index contributed by atoms with van der Waals surface area (Å²) >= 11 is 1.61. The van der Waals surface area contributed by atoms with E-state index in [4.69, 9.17) is 4.74 Å². The number of ether oxygens (including phenoxy) is 1. The van der Waals surface area contributed by atoms with E-state index in [1.54, 1.807) is 42.7 Å². The molecule has 0 radical (unpaired) electrons. The summed E-state index contributed by atoms with van der Waals surface area (Å²) in [5.41, 5.74) is 1.54. The van der Waals surface area contributed by atoms with Gasteiger partial charge in [-0.05, 0) is 41.8 Å². The molecule has 2 aromatic carbocycles. The lowest BCUT2D eigenvalue weighted by molar-refractivity contribution is 0.0699. The monoisotopic (exact) mass is 335 g/mol. The average Bonchev–Trinajstić information content (AvgIpc) is 3.04. The zero-order valence-electron chi connectivity index (χ0n) is 12.8. The number of hydrogen-bond acceptors (Lipinski definition) is 4. The van der Waals surface area contributed by atoms with E-state index in [9.17, 15) is 9.90 Å². The average molecular weight is 335 g/mol. The Hall–Kier alpha value is -2.92. The molecular weight excluding hydrogens is 322 g/mol. The van der Waals surface area contributed by atoms with E-state index >= 15 is 0 Å². The highest BCUT2D eigenvalue weighted by Gasteiger charge is 2.15. The molecule has 0 fully saturated rings. The molecule has 5 heteroatoms. The molecule has 0 saturated carbocycles. The molecule has 0 aliphatic rings. The molecule has 4 nitrogen and oxygen atoms in total. The van der Waals surface area contributed by atoms with Crippen LogP contribution >= 0.6 is 11.3 Å². The highest BCUT2D eigenvalue weighted by Crippen LogP contribution is 2.34. The molecule has 0 atom stereocenters. The summed E-state index contributed by atoms with van der Waals surface area (Å²) in [5, 5.41) is 11.3. The fraction of sp³-hybridized carbons (Fsp3) is 0.0526. The summed E-state index contributed by atoms with van der Waals surface area (Å²) in [7, 11) is 1.56. The number of hydrogen-bond donors (Lipinski definition) is 1. The smallest absolute Gasteiger partial charge is 0.336 e. The van der Waals surface area contributed by atoms with Crippen LogP contribution in [0.1, 0.15) is 10.4 Å². The van der Waals surface area contributed by atoms with Crippen molar-refractivity contribution in [3.05, 3.63) is 60.2 Å². The Morgan fingerprint density at radius 3 is 2.71 bits per heavy atom. The van der Waals surface area contributed by atoms with Crippen molar-refractivity contribution in [1.29, 1.82) is 0 Å². The molecule has 4 rings (SSSR count). The van der Waals surface area contributed by atoms with Crippen molar-refractivity contribution in [1.82, 2.24) is 4.98 Å². The van der Waals surface area contributed by atoms with Gasteiger partial charge in [-0.25, -0.2) is 9.78 Å². The third-order valence-electron chi connectivity index (χ3n) is 3.92. The summed E-state index contributed by atoms with van der Waals surface area (Å²) in [6.07, 6.45) is 0. The number of methoxy groups -OCH3 is 1. The van der Waals surface area contributed by atoms with Crippen molar-refractivity contribution in [3.63, 3.8) is 0 Å². The number of carbonyl (C=O) groups is 1. The minimum atomic E-state index is -0.974. The third-order valence-corrected chi connectivity index (χ3v) is 5.06. The lowest BCUT2D eigenvalue weighted by Gasteiger charge is -2.07. The molecule has 118 valence electrons. The summed E-state index contributed by atoms with van der Waals surface area (Å²) in [6, 6.07) is 17.0. The number of nitrogens with zero attached hydrogens (tertiary/aromatic N) is 1. The van der Waals surface area contributed by atoms with Crippen LogP contribution in [0.3, 0.4) is 0 Å². The SMILES string of the molecule is COc1ccc2nc(-c3cc4ccccc4s3)cc(C(=O)O)c2c1. The Labute approximate surface area is 142 Å². The zero-order valence-corrected chi connectivity index (χ0v) is 13.6. The highest BCUT2D eigenvalue weighted by molar-refractivity contribution is 7.22. The molecule has 0 aliphatic carbocycles. The molecular formula is C19H13NO3S. The van der Waals surface area contributed by atoms with Gasteiger partial charge in [0.15, 0.2) is 0 Å². The normalized spacial score (nSPS) is 11.0. The number of carboxylic acids is 1. The Balaban J connectivity index is 1.97. The van der Waals surface area contributed by atoms with Crippen molar-refractivity contribution in [2.24, 2.45) is 0 Å². The predicted octanol–water partition coefficient (Wildman–Crippen LogP) is 4.82. The van der Waals surface area contributed by atoms with Gasteiger partial charge in [0.25, 0.3) is 0 Å². The quantitative estimate of drug-likeness (QED) is 0.583. The van der Waals surface area contributed by atoms with Gasteiger partial charge in [-0.3, -0.25) is 0 Å². The first kappa shape index (κ1) is 14.7. The van der Waals surface area contributed by atoms with Crippen LogP contribution in [0.15, 0.2) is 54.6 Å². The van der Waals surface area contributed by atoms with Gasteiger partial charge >= 0.3 is 5.97 Å². The van der Waals surface area contributed by atoms with Crippen LogP contribution in [0.2, 0.25) is 0 Å². The summed E-state index contributed by atoms with van der Waals surface area (Å²) in [6.45, 7) is 0. The molecule has 2 heterocycles. The molecule has 2 aromatic heterocycles. The lowest BCUT2D eigenvalue weighted by atomic mass is 10.1. The number of aromatic carboxylic acids is 1. The van der Waals surface area contributed by atoms with Crippen molar-refractivity contribution in [2.45, 2.75) is 0 Å². The van der Waals surface area contributed by atoms with Crippen LogP contribution in [-0.2, 0) is 0 Å². The maximum atomic E-state index is 11.7. The first-order valence-electron chi connectivity index (χ1n) is 7.37. The summed E-state index contributed by atoms with van der Waals surface area (Å²) in [4.78, 5) is 17.3. The first-order valence-corrected chi connectivity index (χ1v) is 8.18. The molecule has 4 aromatic rings. The van der Waals surface area contributed by atoms with Gasteiger partial charge in [0.05, 0.1) is 28.8 Å². The number of rotatable bonds is 3. The van der Waals surface area contributed by atoms with E-state index in [-0.39, 0.29) is 5.56 Å². The van der Waals surface area contributed by atoms with Crippen LogP contribution in [0.4, 0.5) is 0 Å². The van der Waals surface area contributed by atoms with E-state index < -0.39 is 5.97 Å². The van der Waals surface area contributed by atoms with Crippen molar-refractivity contribution in [2.75, 3.05) is 7.11 Å². The highest BCUT2D eigenvalue weighted by atomic mass is 32.1. The van der Waals surface area contributed by atoms with Gasteiger partial charge in [-0.15, -0.1) is 11.3 Å². The third kappa shape index (κ3) is 2.39. The number of fused-ring (bicyclic) bond motifs is 2. The fourth-order valence-corrected chi connectivity index (χ4v) is 3.77.